The zero-order valence-electron chi connectivity index (χ0n) is 16.3. The molecular formula is C21H18N4O5S. The predicted octanol–water partition coefficient (Wildman–Crippen LogP) is 2.92. The number of sulfonamides is 1. The predicted molar refractivity (Wildman–Crippen MR) is 117 cm³/mol. The van der Waals surface area contributed by atoms with Crippen LogP contribution in [0, 0.1) is 0 Å². The van der Waals surface area contributed by atoms with Gasteiger partial charge in [-0.05, 0) is 42.5 Å². The molecule has 1 amide bonds. The smallest absolute Gasteiger partial charge is 0.323 e. The highest BCUT2D eigenvalue weighted by Gasteiger charge is 2.20. The topological polar surface area (TPSA) is 133 Å². The van der Waals surface area contributed by atoms with Gasteiger partial charge in [0, 0.05) is 0 Å². The van der Waals surface area contributed by atoms with Crippen molar-refractivity contribution in [1.82, 2.24) is 9.97 Å². The number of H-pyrrole nitrogens is 2. The number of hydrogen-bond donors (Lipinski definition) is 4. The van der Waals surface area contributed by atoms with E-state index < -0.39 is 21.6 Å². The van der Waals surface area contributed by atoms with Gasteiger partial charge in [-0.1, -0.05) is 24.3 Å². The fourth-order valence-electron chi connectivity index (χ4n) is 3.09. The van der Waals surface area contributed by atoms with E-state index in [-0.39, 0.29) is 16.1 Å². The van der Waals surface area contributed by atoms with E-state index in [2.05, 4.69) is 20.0 Å². The van der Waals surface area contributed by atoms with E-state index in [0.717, 1.165) is 0 Å². The maximum absolute atomic E-state index is 12.9. The number of ether oxygens (including phenoxy) is 1. The average Bonchev–Trinajstić information content (AvgIpc) is 3.13. The molecule has 0 unspecified atom stereocenters. The number of anilines is 2. The van der Waals surface area contributed by atoms with Crippen molar-refractivity contribution in [3.8, 4) is 5.75 Å². The van der Waals surface area contributed by atoms with Crippen LogP contribution in [0.5, 0.6) is 5.75 Å². The number of benzene rings is 3. The fourth-order valence-corrected chi connectivity index (χ4v) is 4.20. The summed E-state index contributed by atoms with van der Waals surface area (Å²) in [5, 5.41) is 2.73. The number of imidazole rings is 1. The van der Waals surface area contributed by atoms with Crippen molar-refractivity contribution in [2.45, 2.75) is 4.90 Å². The molecule has 1 heterocycles. The summed E-state index contributed by atoms with van der Waals surface area (Å²) < 4.78 is 33.5. The van der Waals surface area contributed by atoms with Crippen molar-refractivity contribution < 1.29 is 17.9 Å². The number of methoxy groups -OCH3 is 1. The first-order valence-corrected chi connectivity index (χ1v) is 10.6. The third-order valence-corrected chi connectivity index (χ3v) is 5.93. The average molecular weight is 438 g/mol. The molecule has 31 heavy (non-hydrogen) atoms. The van der Waals surface area contributed by atoms with Gasteiger partial charge >= 0.3 is 5.69 Å². The minimum atomic E-state index is -4.03. The number of aromatic nitrogens is 2. The third kappa shape index (κ3) is 4.14. The molecule has 10 heteroatoms. The van der Waals surface area contributed by atoms with Crippen LogP contribution in [0.25, 0.3) is 11.0 Å². The summed E-state index contributed by atoms with van der Waals surface area (Å²) in [4.78, 5) is 29.3. The van der Waals surface area contributed by atoms with E-state index >= 15 is 0 Å². The molecule has 0 saturated heterocycles. The summed E-state index contributed by atoms with van der Waals surface area (Å²) in [6.07, 6.45) is 0. The highest BCUT2D eigenvalue weighted by atomic mass is 32.2. The largest absolute Gasteiger partial charge is 0.495 e. The van der Waals surface area contributed by atoms with Crippen LogP contribution in [0.4, 0.5) is 11.4 Å². The summed E-state index contributed by atoms with van der Waals surface area (Å²) in [6.45, 7) is 0. The summed E-state index contributed by atoms with van der Waals surface area (Å²) in [5.41, 5.74) is 1.10. The molecule has 0 aliphatic rings. The molecule has 0 atom stereocenters. The maximum atomic E-state index is 12.9. The lowest BCUT2D eigenvalue weighted by Gasteiger charge is -2.14. The first kappa shape index (κ1) is 20.2. The number of nitrogens with one attached hydrogen (secondary N) is 4. The Labute approximate surface area is 177 Å². The molecule has 0 bridgehead atoms. The summed E-state index contributed by atoms with van der Waals surface area (Å²) in [7, 11) is -2.54. The number of para-hydroxylation sites is 3. The van der Waals surface area contributed by atoms with Crippen LogP contribution in [-0.4, -0.2) is 31.4 Å². The second kappa shape index (κ2) is 8.00. The van der Waals surface area contributed by atoms with Gasteiger partial charge in [0.15, 0.2) is 0 Å². The van der Waals surface area contributed by atoms with Crippen LogP contribution in [0.15, 0.2) is 76.4 Å². The van der Waals surface area contributed by atoms with Crippen molar-refractivity contribution >= 4 is 38.3 Å². The lowest BCUT2D eigenvalue weighted by Crippen LogP contribution is -2.18. The van der Waals surface area contributed by atoms with E-state index in [4.69, 9.17) is 4.74 Å². The molecule has 3 aromatic carbocycles. The molecule has 0 aliphatic carbocycles. The van der Waals surface area contributed by atoms with Crippen LogP contribution < -0.4 is 20.5 Å². The van der Waals surface area contributed by atoms with E-state index in [1.807, 2.05) is 0 Å². The van der Waals surface area contributed by atoms with Crippen molar-refractivity contribution in [1.29, 1.82) is 0 Å². The SMILES string of the molecule is COc1ccccc1NC(=O)c1ccccc1NS(=O)(=O)c1ccc2[nH]c(=O)[nH]c2c1. The second-order valence-electron chi connectivity index (χ2n) is 6.59. The van der Waals surface area contributed by atoms with Gasteiger partial charge in [-0.15, -0.1) is 0 Å². The Kier molecular flexibility index (Phi) is 5.22. The first-order chi connectivity index (χ1) is 14.9. The van der Waals surface area contributed by atoms with Crippen LogP contribution in [0.1, 0.15) is 10.4 Å². The monoisotopic (exact) mass is 438 g/mol. The lowest BCUT2D eigenvalue weighted by atomic mass is 10.1. The van der Waals surface area contributed by atoms with E-state index in [0.29, 0.717) is 22.5 Å². The Bertz CT molecular complexity index is 1440. The van der Waals surface area contributed by atoms with Gasteiger partial charge in [-0.2, -0.15) is 0 Å². The highest BCUT2D eigenvalue weighted by molar-refractivity contribution is 7.92. The molecule has 1 aromatic heterocycles. The lowest BCUT2D eigenvalue weighted by molar-refractivity contribution is 0.102. The minimum absolute atomic E-state index is 0.0600. The van der Waals surface area contributed by atoms with Crippen LogP contribution >= 0.6 is 0 Å². The molecule has 0 fully saturated rings. The molecule has 0 saturated carbocycles. The van der Waals surface area contributed by atoms with Gasteiger partial charge in [-0.3, -0.25) is 9.52 Å². The molecule has 158 valence electrons. The van der Waals surface area contributed by atoms with Crippen molar-refractivity contribution in [2.24, 2.45) is 0 Å². The van der Waals surface area contributed by atoms with Gasteiger partial charge < -0.3 is 20.0 Å². The molecule has 0 spiro atoms. The zero-order chi connectivity index (χ0) is 22.0. The van der Waals surface area contributed by atoms with Crippen molar-refractivity contribution in [3.63, 3.8) is 0 Å². The quantitative estimate of drug-likeness (QED) is 0.367. The Hall–Kier alpha value is -4.05. The second-order valence-corrected chi connectivity index (χ2v) is 8.27. The van der Waals surface area contributed by atoms with E-state index in [1.54, 1.807) is 36.4 Å². The standard InChI is InChI=1S/C21H18N4O5S/c1-30-19-9-5-4-8-17(19)22-20(26)14-6-2-3-7-15(14)25-31(28,29)13-10-11-16-18(12-13)24-21(27)23-16/h2-12,25H,1H3,(H,22,26)(H2,23,24,27). The molecular weight excluding hydrogens is 420 g/mol. The normalized spacial score (nSPS) is 11.3. The van der Waals surface area contributed by atoms with Crippen LogP contribution in [0.3, 0.4) is 0 Å². The Morgan fingerprint density at radius 1 is 0.903 bits per heavy atom. The molecule has 9 nitrogen and oxygen atoms in total. The molecule has 4 aromatic rings. The van der Waals surface area contributed by atoms with Crippen molar-refractivity contribution in [2.75, 3.05) is 17.1 Å². The number of carbonyl (C=O) groups is 1. The Balaban J connectivity index is 1.64. The van der Waals surface area contributed by atoms with Gasteiger partial charge in [0.25, 0.3) is 15.9 Å². The van der Waals surface area contributed by atoms with Crippen LogP contribution in [-0.2, 0) is 10.0 Å². The number of rotatable bonds is 6. The first-order valence-electron chi connectivity index (χ1n) is 9.15. The molecule has 4 rings (SSSR count). The summed E-state index contributed by atoms with van der Waals surface area (Å²) >= 11 is 0. The summed E-state index contributed by atoms with van der Waals surface area (Å²) in [5.74, 6) is -0.0315. The number of amides is 1. The fraction of sp³-hybridized carbons (Fsp3) is 0.0476. The Morgan fingerprint density at radius 2 is 1.58 bits per heavy atom. The molecule has 4 N–H and O–H groups in total. The van der Waals surface area contributed by atoms with E-state index in [9.17, 15) is 18.0 Å². The van der Waals surface area contributed by atoms with E-state index in [1.165, 1.54) is 37.4 Å². The van der Waals surface area contributed by atoms with Gasteiger partial charge in [0.2, 0.25) is 0 Å². The number of carbonyl (C=O) groups excluding carboxylic acids is 1. The highest BCUT2D eigenvalue weighted by Crippen LogP contribution is 2.26. The number of hydrogen-bond acceptors (Lipinski definition) is 5. The third-order valence-electron chi connectivity index (χ3n) is 4.57. The molecule has 0 radical (unpaired) electrons. The number of aromatic amines is 2. The van der Waals surface area contributed by atoms with Gasteiger partial charge in [-0.25, -0.2) is 13.2 Å². The van der Waals surface area contributed by atoms with Gasteiger partial charge in [0.1, 0.15) is 5.75 Å². The maximum Gasteiger partial charge on any atom is 0.323 e. The zero-order valence-corrected chi connectivity index (χ0v) is 17.1. The van der Waals surface area contributed by atoms with Crippen molar-refractivity contribution in [3.05, 3.63) is 82.8 Å². The van der Waals surface area contributed by atoms with Gasteiger partial charge in [0.05, 0.1) is 40.0 Å². The van der Waals surface area contributed by atoms with Crippen LogP contribution in [0.2, 0.25) is 0 Å². The molecule has 0 aliphatic heterocycles. The number of fused-ring (bicyclic) bond motifs is 1. The minimum Gasteiger partial charge on any atom is -0.495 e. The Morgan fingerprint density at radius 3 is 2.35 bits per heavy atom. The summed E-state index contributed by atoms with van der Waals surface area (Å²) in [6, 6.07) is 17.3.